The van der Waals surface area contributed by atoms with Crippen LogP contribution in [0.15, 0.2) is 36.4 Å². The number of aryl methyl sites for hydroxylation is 1. The first-order chi connectivity index (χ1) is 9.51. The lowest BCUT2D eigenvalue weighted by atomic mass is 10.1. The van der Waals surface area contributed by atoms with Gasteiger partial charge in [-0.2, -0.15) is 5.26 Å². The summed E-state index contributed by atoms with van der Waals surface area (Å²) in [4.78, 5) is 10.1. The van der Waals surface area contributed by atoms with Crippen molar-refractivity contribution in [2.75, 3.05) is 5.32 Å². The summed E-state index contributed by atoms with van der Waals surface area (Å²) < 4.78 is 13.0. The van der Waals surface area contributed by atoms with Gasteiger partial charge in [0.05, 0.1) is 4.92 Å². The van der Waals surface area contributed by atoms with Crippen LogP contribution in [0.1, 0.15) is 11.1 Å². The predicted octanol–water partition coefficient (Wildman–Crippen LogP) is 3.66. The van der Waals surface area contributed by atoms with Gasteiger partial charge in [0.15, 0.2) is 0 Å². The quantitative estimate of drug-likeness (QED) is 0.682. The second kappa shape index (κ2) is 5.36. The van der Waals surface area contributed by atoms with Crippen LogP contribution in [-0.2, 0) is 0 Å². The van der Waals surface area contributed by atoms with E-state index in [4.69, 9.17) is 5.26 Å². The van der Waals surface area contributed by atoms with Gasteiger partial charge in [-0.3, -0.25) is 10.1 Å². The van der Waals surface area contributed by atoms with Crippen LogP contribution < -0.4 is 5.32 Å². The number of rotatable bonds is 3. The zero-order valence-electron chi connectivity index (χ0n) is 10.6. The van der Waals surface area contributed by atoms with E-state index in [-0.39, 0.29) is 17.1 Å². The van der Waals surface area contributed by atoms with Crippen LogP contribution in [0.5, 0.6) is 0 Å². The van der Waals surface area contributed by atoms with E-state index < -0.39 is 4.92 Å². The number of nitrogens with one attached hydrogen (secondary N) is 1. The van der Waals surface area contributed by atoms with Crippen LogP contribution in [0, 0.1) is 34.2 Å². The highest BCUT2D eigenvalue weighted by molar-refractivity contribution is 5.67. The maximum Gasteiger partial charge on any atom is 0.287 e. The molecule has 0 aliphatic rings. The molecule has 0 atom stereocenters. The highest BCUT2D eigenvalue weighted by atomic mass is 19.1. The lowest BCUT2D eigenvalue weighted by Gasteiger charge is -2.09. The Balaban J connectivity index is 2.35. The second-order valence-corrected chi connectivity index (χ2v) is 4.19. The number of nitro benzene ring substituents is 1. The van der Waals surface area contributed by atoms with Crippen LogP contribution in [-0.4, -0.2) is 4.92 Å². The average Bonchev–Trinajstić information content (AvgIpc) is 2.41. The molecule has 0 aliphatic carbocycles. The van der Waals surface area contributed by atoms with Gasteiger partial charge in [0.2, 0.25) is 0 Å². The zero-order valence-corrected chi connectivity index (χ0v) is 10.6. The minimum absolute atomic E-state index is 0.0280. The van der Waals surface area contributed by atoms with E-state index in [0.717, 1.165) is 0 Å². The summed E-state index contributed by atoms with van der Waals surface area (Å²) in [5.41, 5.74) is 1.63. The summed E-state index contributed by atoms with van der Waals surface area (Å²) in [5, 5.41) is 22.7. The molecule has 0 unspecified atom stereocenters. The molecule has 5 nitrogen and oxygen atoms in total. The van der Waals surface area contributed by atoms with Crippen LogP contribution in [0.4, 0.5) is 21.5 Å². The Morgan fingerprint density at radius 2 is 2.05 bits per heavy atom. The molecule has 0 spiro atoms. The highest BCUT2D eigenvalue weighted by Crippen LogP contribution is 2.26. The molecule has 2 aromatic rings. The fourth-order valence-corrected chi connectivity index (χ4v) is 1.79. The van der Waals surface area contributed by atoms with E-state index in [0.29, 0.717) is 16.9 Å². The molecule has 20 heavy (non-hydrogen) atoms. The predicted molar refractivity (Wildman–Crippen MR) is 72.2 cm³/mol. The smallest absolute Gasteiger partial charge is 0.287 e. The van der Waals surface area contributed by atoms with Crippen molar-refractivity contribution in [3.8, 4) is 6.07 Å². The molecule has 6 heteroatoms. The Hall–Kier alpha value is -2.94. The SMILES string of the molecule is Cc1cc(F)ccc1Nc1ccc([N+](=O)[O-])c(C#N)c1. The minimum Gasteiger partial charge on any atom is -0.355 e. The number of benzene rings is 2. The third kappa shape index (κ3) is 2.72. The van der Waals surface area contributed by atoms with Gasteiger partial charge in [-0.25, -0.2) is 4.39 Å². The van der Waals surface area contributed by atoms with E-state index in [2.05, 4.69) is 5.32 Å². The molecule has 0 saturated heterocycles. The Labute approximate surface area is 114 Å². The number of hydrogen-bond donors (Lipinski definition) is 1. The molecule has 0 bridgehead atoms. The van der Waals surface area contributed by atoms with Crippen molar-refractivity contribution in [2.45, 2.75) is 6.92 Å². The van der Waals surface area contributed by atoms with E-state index in [1.165, 1.54) is 30.3 Å². The van der Waals surface area contributed by atoms with E-state index in [9.17, 15) is 14.5 Å². The second-order valence-electron chi connectivity index (χ2n) is 4.19. The summed E-state index contributed by atoms with van der Waals surface area (Å²) in [6.45, 7) is 1.74. The Morgan fingerprint density at radius 1 is 1.30 bits per heavy atom. The summed E-state index contributed by atoms with van der Waals surface area (Å²) in [5.74, 6) is -0.338. The minimum atomic E-state index is -0.606. The number of anilines is 2. The Morgan fingerprint density at radius 3 is 2.65 bits per heavy atom. The molecule has 2 rings (SSSR count). The topological polar surface area (TPSA) is 79.0 Å². The lowest BCUT2D eigenvalue weighted by Crippen LogP contribution is -1.97. The van der Waals surface area contributed by atoms with Gasteiger partial charge in [-0.05, 0) is 42.8 Å². The largest absolute Gasteiger partial charge is 0.355 e. The van der Waals surface area contributed by atoms with Gasteiger partial charge in [0.1, 0.15) is 17.4 Å². The number of halogens is 1. The number of nitrogens with zero attached hydrogens (tertiary/aromatic N) is 2. The molecular weight excluding hydrogens is 261 g/mol. The Kier molecular flexibility index (Phi) is 3.62. The van der Waals surface area contributed by atoms with Crippen molar-refractivity contribution in [2.24, 2.45) is 0 Å². The maximum absolute atomic E-state index is 13.0. The fraction of sp³-hybridized carbons (Fsp3) is 0.0714. The zero-order chi connectivity index (χ0) is 14.7. The summed E-state index contributed by atoms with van der Waals surface area (Å²) in [6, 6.07) is 10.2. The van der Waals surface area contributed by atoms with Crippen LogP contribution in [0.3, 0.4) is 0 Å². The van der Waals surface area contributed by atoms with Gasteiger partial charge < -0.3 is 5.32 Å². The number of nitro groups is 1. The Bertz CT molecular complexity index is 723. The first-order valence-electron chi connectivity index (χ1n) is 5.73. The molecule has 0 fully saturated rings. The van der Waals surface area contributed by atoms with Gasteiger partial charge in [-0.15, -0.1) is 0 Å². The van der Waals surface area contributed by atoms with Crippen molar-refractivity contribution in [3.05, 3.63) is 63.5 Å². The summed E-state index contributed by atoms with van der Waals surface area (Å²) in [7, 11) is 0. The van der Waals surface area contributed by atoms with E-state index in [1.54, 1.807) is 19.1 Å². The van der Waals surface area contributed by atoms with Crippen molar-refractivity contribution >= 4 is 17.1 Å². The molecule has 2 aromatic carbocycles. The van der Waals surface area contributed by atoms with Gasteiger partial charge in [0.25, 0.3) is 5.69 Å². The molecule has 0 radical (unpaired) electrons. The molecule has 1 N–H and O–H groups in total. The van der Waals surface area contributed by atoms with Crippen molar-refractivity contribution in [3.63, 3.8) is 0 Å². The molecule has 100 valence electrons. The normalized spacial score (nSPS) is 9.85. The lowest BCUT2D eigenvalue weighted by molar-refractivity contribution is -0.385. The standard InChI is InChI=1S/C14H10FN3O2/c1-9-6-11(15)2-4-13(9)17-12-3-5-14(18(19)20)10(7-12)8-16/h2-7,17H,1H3. The third-order valence-corrected chi connectivity index (χ3v) is 2.78. The molecule has 0 heterocycles. The first-order valence-corrected chi connectivity index (χ1v) is 5.73. The number of hydrogen-bond acceptors (Lipinski definition) is 4. The van der Waals surface area contributed by atoms with Crippen molar-refractivity contribution < 1.29 is 9.31 Å². The monoisotopic (exact) mass is 271 g/mol. The molecule has 0 aromatic heterocycles. The first kappa shape index (κ1) is 13.5. The van der Waals surface area contributed by atoms with Gasteiger partial charge >= 0.3 is 0 Å². The molecule has 0 saturated carbocycles. The van der Waals surface area contributed by atoms with Gasteiger partial charge in [-0.1, -0.05) is 0 Å². The number of nitriles is 1. The van der Waals surface area contributed by atoms with Gasteiger partial charge in [0, 0.05) is 17.4 Å². The van der Waals surface area contributed by atoms with Crippen LogP contribution in [0.25, 0.3) is 0 Å². The maximum atomic E-state index is 13.0. The third-order valence-electron chi connectivity index (χ3n) is 2.78. The van der Waals surface area contributed by atoms with Crippen LogP contribution >= 0.6 is 0 Å². The molecular formula is C14H10FN3O2. The summed E-state index contributed by atoms with van der Waals surface area (Å²) >= 11 is 0. The van der Waals surface area contributed by atoms with Crippen LogP contribution in [0.2, 0.25) is 0 Å². The molecule has 0 aliphatic heterocycles. The average molecular weight is 271 g/mol. The van der Waals surface area contributed by atoms with E-state index >= 15 is 0 Å². The van der Waals surface area contributed by atoms with E-state index in [1.807, 2.05) is 0 Å². The van der Waals surface area contributed by atoms with Crippen molar-refractivity contribution in [1.82, 2.24) is 0 Å². The fourth-order valence-electron chi connectivity index (χ4n) is 1.79. The highest BCUT2D eigenvalue weighted by Gasteiger charge is 2.14. The van der Waals surface area contributed by atoms with Crippen molar-refractivity contribution in [1.29, 1.82) is 5.26 Å². The summed E-state index contributed by atoms with van der Waals surface area (Å²) in [6.07, 6.45) is 0. The molecule has 0 amide bonds.